The lowest BCUT2D eigenvalue weighted by atomic mass is 9.96. The summed E-state index contributed by atoms with van der Waals surface area (Å²) >= 11 is 0. The number of hydrogen-bond acceptors (Lipinski definition) is 6. The summed E-state index contributed by atoms with van der Waals surface area (Å²) in [5.41, 5.74) is -0.263. The third kappa shape index (κ3) is 2.61. The predicted molar refractivity (Wildman–Crippen MR) is 79.5 cm³/mol. The molecule has 0 spiro atoms. The first-order valence-electron chi connectivity index (χ1n) is 7.20. The van der Waals surface area contributed by atoms with E-state index in [1.807, 2.05) is 25.7 Å². The number of nitrogens with zero attached hydrogens (tertiary/aromatic N) is 5. The Morgan fingerprint density at radius 1 is 1.27 bits per heavy atom. The highest BCUT2D eigenvalue weighted by molar-refractivity contribution is 5.87. The van der Waals surface area contributed by atoms with Gasteiger partial charge in [0.2, 0.25) is 0 Å². The predicted octanol–water partition coefficient (Wildman–Crippen LogP) is 0.957. The van der Waals surface area contributed by atoms with Crippen LogP contribution in [0.25, 0.3) is 5.78 Å². The van der Waals surface area contributed by atoms with Gasteiger partial charge in [0.05, 0.1) is 13.2 Å². The molecule has 0 unspecified atom stereocenters. The first kappa shape index (κ1) is 14.7. The van der Waals surface area contributed by atoms with E-state index in [1.54, 1.807) is 10.6 Å². The van der Waals surface area contributed by atoms with Crippen molar-refractivity contribution >= 4 is 17.6 Å². The fourth-order valence-electron chi connectivity index (χ4n) is 2.30. The molecular formula is C14H19N5O3. The van der Waals surface area contributed by atoms with E-state index in [0.717, 1.165) is 0 Å². The fraction of sp³-hybridized carbons (Fsp3) is 0.571. The molecule has 1 aliphatic heterocycles. The molecule has 2 aromatic rings. The Labute approximate surface area is 127 Å². The molecule has 8 nitrogen and oxygen atoms in total. The number of carboxylic acids is 1. The van der Waals surface area contributed by atoms with Gasteiger partial charge in [0.25, 0.3) is 5.78 Å². The number of aromatic carboxylic acids is 1. The summed E-state index contributed by atoms with van der Waals surface area (Å²) in [6.07, 6.45) is 0. The number of rotatable bonds is 2. The van der Waals surface area contributed by atoms with Gasteiger partial charge in [-0.1, -0.05) is 20.8 Å². The number of aromatic nitrogens is 4. The van der Waals surface area contributed by atoms with Crippen LogP contribution in [0.15, 0.2) is 6.07 Å². The molecule has 0 aromatic carbocycles. The lowest BCUT2D eigenvalue weighted by Gasteiger charge is -2.28. The lowest BCUT2D eigenvalue weighted by Crippen LogP contribution is -2.37. The number of carbonyl (C=O) groups is 1. The molecule has 3 heterocycles. The van der Waals surface area contributed by atoms with Gasteiger partial charge < -0.3 is 14.7 Å². The zero-order valence-electron chi connectivity index (χ0n) is 12.9. The molecule has 1 N–H and O–H groups in total. The van der Waals surface area contributed by atoms with Gasteiger partial charge >= 0.3 is 5.97 Å². The summed E-state index contributed by atoms with van der Waals surface area (Å²) in [5.74, 6) is 0.564. The van der Waals surface area contributed by atoms with Crippen molar-refractivity contribution in [1.29, 1.82) is 0 Å². The molecule has 1 fully saturated rings. The summed E-state index contributed by atoms with van der Waals surface area (Å²) in [4.78, 5) is 21.9. The summed E-state index contributed by atoms with van der Waals surface area (Å²) < 4.78 is 6.97. The average molecular weight is 305 g/mol. The van der Waals surface area contributed by atoms with E-state index in [4.69, 9.17) is 4.74 Å². The maximum atomic E-state index is 11.3. The Morgan fingerprint density at radius 3 is 2.55 bits per heavy atom. The van der Waals surface area contributed by atoms with Crippen molar-refractivity contribution in [1.82, 2.24) is 19.6 Å². The van der Waals surface area contributed by atoms with E-state index < -0.39 is 5.97 Å². The van der Waals surface area contributed by atoms with E-state index in [0.29, 0.717) is 43.7 Å². The molecule has 8 heteroatoms. The van der Waals surface area contributed by atoms with Gasteiger partial charge in [-0.25, -0.2) is 9.78 Å². The van der Waals surface area contributed by atoms with Crippen LogP contribution >= 0.6 is 0 Å². The normalized spacial score (nSPS) is 16.2. The standard InChI is InChI=1S/C14H19N5O3/c1-14(2,3)12-16-13-15-9(11(20)21)8-10(19(13)17-12)18-4-6-22-7-5-18/h8H,4-7H2,1-3H3,(H,20,21). The van der Waals surface area contributed by atoms with Crippen molar-refractivity contribution in [2.24, 2.45) is 0 Å². The number of carboxylic acid groups (broad SMARTS) is 1. The Hall–Kier alpha value is -2.22. The summed E-state index contributed by atoms with van der Waals surface area (Å²) in [6.45, 7) is 8.60. The van der Waals surface area contributed by atoms with Gasteiger partial charge in [0, 0.05) is 24.6 Å². The third-order valence-corrected chi connectivity index (χ3v) is 3.52. The topological polar surface area (TPSA) is 92.8 Å². The highest BCUT2D eigenvalue weighted by atomic mass is 16.5. The molecule has 0 amide bonds. The second kappa shape index (κ2) is 5.20. The van der Waals surface area contributed by atoms with Crippen molar-refractivity contribution in [3.8, 4) is 0 Å². The largest absolute Gasteiger partial charge is 0.477 e. The average Bonchev–Trinajstić information content (AvgIpc) is 2.91. The van der Waals surface area contributed by atoms with Gasteiger partial charge in [-0.05, 0) is 0 Å². The van der Waals surface area contributed by atoms with Crippen molar-refractivity contribution in [3.05, 3.63) is 17.6 Å². The minimum absolute atomic E-state index is 0.0261. The van der Waals surface area contributed by atoms with Crippen molar-refractivity contribution in [3.63, 3.8) is 0 Å². The maximum Gasteiger partial charge on any atom is 0.354 e. The summed E-state index contributed by atoms with van der Waals surface area (Å²) in [6, 6.07) is 1.54. The molecule has 0 aliphatic carbocycles. The van der Waals surface area contributed by atoms with E-state index in [9.17, 15) is 9.90 Å². The van der Waals surface area contributed by atoms with Crippen LogP contribution in [0.5, 0.6) is 0 Å². The van der Waals surface area contributed by atoms with E-state index in [2.05, 4.69) is 15.1 Å². The Morgan fingerprint density at radius 2 is 1.95 bits per heavy atom. The molecule has 118 valence electrons. The lowest BCUT2D eigenvalue weighted by molar-refractivity contribution is 0.0690. The smallest absolute Gasteiger partial charge is 0.354 e. The zero-order chi connectivity index (χ0) is 15.9. The molecule has 3 rings (SSSR count). The van der Waals surface area contributed by atoms with Crippen molar-refractivity contribution in [2.75, 3.05) is 31.2 Å². The van der Waals surface area contributed by atoms with Crippen LogP contribution in [0.4, 0.5) is 5.82 Å². The number of morpholine rings is 1. The Bertz CT molecular complexity index is 713. The van der Waals surface area contributed by atoms with Crippen LogP contribution in [0.1, 0.15) is 37.1 Å². The zero-order valence-corrected chi connectivity index (χ0v) is 12.9. The molecule has 1 saturated heterocycles. The summed E-state index contributed by atoms with van der Waals surface area (Å²) in [7, 11) is 0. The van der Waals surface area contributed by atoms with Crippen LogP contribution in [-0.2, 0) is 10.2 Å². The molecule has 0 bridgehead atoms. The van der Waals surface area contributed by atoms with Crippen LogP contribution in [0.2, 0.25) is 0 Å². The quantitative estimate of drug-likeness (QED) is 0.883. The highest BCUT2D eigenvalue weighted by Gasteiger charge is 2.24. The van der Waals surface area contributed by atoms with Crippen LogP contribution in [-0.4, -0.2) is 57.0 Å². The van der Waals surface area contributed by atoms with E-state index in [1.165, 1.54) is 0 Å². The number of anilines is 1. The molecule has 22 heavy (non-hydrogen) atoms. The Kier molecular flexibility index (Phi) is 3.48. The van der Waals surface area contributed by atoms with Gasteiger partial charge in [-0.15, -0.1) is 5.10 Å². The van der Waals surface area contributed by atoms with Crippen LogP contribution in [0.3, 0.4) is 0 Å². The monoisotopic (exact) mass is 305 g/mol. The van der Waals surface area contributed by atoms with Gasteiger partial charge in [-0.2, -0.15) is 9.50 Å². The third-order valence-electron chi connectivity index (χ3n) is 3.52. The SMILES string of the molecule is CC(C)(C)c1nc2nc(C(=O)O)cc(N3CCOCC3)n2n1. The van der Waals surface area contributed by atoms with Crippen molar-refractivity contribution in [2.45, 2.75) is 26.2 Å². The van der Waals surface area contributed by atoms with Gasteiger partial charge in [0.1, 0.15) is 5.82 Å². The molecule has 1 aliphatic rings. The highest BCUT2D eigenvalue weighted by Crippen LogP contribution is 2.23. The second-order valence-electron chi connectivity index (χ2n) is 6.30. The molecule has 0 atom stereocenters. The van der Waals surface area contributed by atoms with Gasteiger partial charge in [0.15, 0.2) is 11.5 Å². The first-order valence-corrected chi connectivity index (χ1v) is 7.20. The van der Waals surface area contributed by atoms with E-state index in [-0.39, 0.29) is 11.1 Å². The molecule has 0 saturated carbocycles. The Balaban J connectivity index is 2.18. The minimum atomic E-state index is -1.07. The first-order chi connectivity index (χ1) is 10.4. The van der Waals surface area contributed by atoms with Crippen LogP contribution < -0.4 is 4.90 Å². The molecule has 2 aromatic heterocycles. The number of hydrogen-bond donors (Lipinski definition) is 1. The fourth-order valence-corrected chi connectivity index (χ4v) is 2.30. The van der Waals surface area contributed by atoms with E-state index >= 15 is 0 Å². The number of fused-ring (bicyclic) bond motifs is 1. The second-order valence-corrected chi connectivity index (χ2v) is 6.30. The molecular weight excluding hydrogens is 286 g/mol. The van der Waals surface area contributed by atoms with Crippen LogP contribution in [0, 0.1) is 0 Å². The van der Waals surface area contributed by atoms with Crippen molar-refractivity contribution < 1.29 is 14.6 Å². The number of ether oxygens (including phenoxy) is 1. The summed E-state index contributed by atoms with van der Waals surface area (Å²) in [5, 5.41) is 13.8. The van der Waals surface area contributed by atoms with Gasteiger partial charge in [-0.3, -0.25) is 0 Å². The maximum absolute atomic E-state index is 11.3. The minimum Gasteiger partial charge on any atom is -0.477 e. The molecule has 0 radical (unpaired) electrons.